The van der Waals surface area contributed by atoms with Crippen LogP contribution in [0.15, 0.2) is 54.6 Å². The number of carbonyl (C=O) groups is 1. The Morgan fingerprint density at radius 1 is 1.03 bits per heavy atom. The van der Waals surface area contributed by atoms with Crippen LogP contribution in [-0.4, -0.2) is 27.2 Å². The van der Waals surface area contributed by atoms with Crippen molar-refractivity contribution in [1.82, 2.24) is 0 Å². The monoisotopic (exact) mass is 484 g/mol. The molecule has 0 radical (unpaired) electrons. The Bertz CT molecular complexity index is 889. The van der Waals surface area contributed by atoms with Gasteiger partial charge in [-0.15, -0.1) is 23.2 Å². The van der Waals surface area contributed by atoms with Crippen LogP contribution >= 0.6 is 46.4 Å². The van der Waals surface area contributed by atoms with Crippen LogP contribution in [0.2, 0.25) is 0 Å². The van der Waals surface area contributed by atoms with Crippen molar-refractivity contribution >= 4 is 52.4 Å². The minimum Gasteiger partial charge on any atom is -0.447 e. The van der Waals surface area contributed by atoms with Crippen LogP contribution in [0.3, 0.4) is 0 Å². The second kappa shape index (κ2) is 8.18. The van der Waals surface area contributed by atoms with Gasteiger partial charge in [-0.1, -0.05) is 77.8 Å². The van der Waals surface area contributed by atoms with E-state index >= 15 is 0 Å². The van der Waals surface area contributed by atoms with E-state index in [0.29, 0.717) is 12.0 Å². The van der Waals surface area contributed by atoms with Crippen molar-refractivity contribution in [2.75, 3.05) is 5.88 Å². The maximum atomic E-state index is 13.7. The van der Waals surface area contributed by atoms with Crippen molar-refractivity contribution in [3.05, 3.63) is 71.3 Å². The van der Waals surface area contributed by atoms with Gasteiger partial charge in [-0.3, -0.25) is 4.79 Å². The summed E-state index contributed by atoms with van der Waals surface area (Å²) in [5.74, 6) is -2.93. The molecule has 3 unspecified atom stereocenters. The summed E-state index contributed by atoms with van der Waals surface area (Å²) in [6, 6.07) is 15.1. The summed E-state index contributed by atoms with van der Waals surface area (Å²) in [6.45, 7) is 0. The molecule has 0 spiro atoms. The first-order valence-electron chi connectivity index (χ1n) is 8.53. The largest absolute Gasteiger partial charge is 0.447 e. The van der Waals surface area contributed by atoms with Gasteiger partial charge in [0.1, 0.15) is 10.8 Å². The quantitative estimate of drug-likeness (QED) is 0.347. The first-order valence-corrected chi connectivity index (χ1v) is 10.2. The van der Waals surface area contributed by atoms with Gasteiger partial charge in [0.2, 0.25) is 6.10 Å². The lowest BCUT2D eigenvalue weighted by molar-refractivity contribution is -0.225. The third-order valence-electron chi connectivity index (χ3n) is 4.76. The summed E-state index contributed by atoms with van der Waals surface area (Å²) >= 11 is 23.6. The van der Waals surface area contributed by atoms with E-state index in [-0.39, 0.29) is 11.4 Å². The molecule has 1 saturated carbocycles. The summed E-state index contributed by atoms with van der Waals surface area (Å²) in [5, 5.41) is 0. The first-order chi connectivity index (χ1) is 13.5. The normalized spacial score (nSPS) is 24.0. The third kappa shape index (κ3) is 4.48. The molecule has 3 rings (SSSR count). The van der Waals surface area contributed by atoms with Gasteiger partial charge in [-0.2, -0.15) is 13.2 Å². The number of hydrogen-bond acceptors (Lipinski definition) is 2. The first kappa shape index (κ1) is 22.5. The molecule has 0 saturated heterocycles. The van der Waals surface area contributed by atoms with Crippen LogP contribution in [-0.2, 0) is 16.0 Å². The number of hydrogen-bond donors (Lipinski definition) is 0. The second-order valence-electron chi connectivity index (χ2n) is 6.82. The SMILES string of the molecule is O=C(OC(c1cccc(Cc2ccccc2)c1)C(F)(F)F)C1C(Cl)(Cl)C1(Cl)CCl. The predicted octanol–water partition coefficient (Wildman–Crippen LogP) is 6.44. The molecule has 29 heavy (non-hydrogen) atoms. The maximum absolute atomic E-state index is 13.7. The highest BCUT2D eigenvalue weighted by atomic mass is 35.5. The lowest BCUT2D eigenvalue weighted by Gasteiger charge is -2.22. The topological polar surface area (TPSA) is 26.3 Å². The molecule has 2 aromatic carbocycles. The van der Waals surface area contributed by atoms with Crippen molar-refractivity contribution in [3.8, 4) is 0 Å². The van der Waals surface area contributed by atoms with Gasteiger partial charge in [-0.05, 0) is 17.5 Å². The Kier molecular flexibility index (Phi) is 6.36. The predicted molar refractivity (Wildman–Crippen MR) is 108 cm³/mol. The number of carbonyl (C=O) groups excluding carboxylic acids is 1. The van der Waals surface area contributed by atoms with Crippen molar-refractivity contribution < 1.29 is 22.7 Å². The molecule has 0 aliphatic heterocycles. The van der Waals surface area contributed by atoms with Crippen molar-refractivity contribution in [1.29, 1.82) is 0 Å². The minimum atomic E-state index is -4.84. The zero-order chi connectivity index (χ0) is 21.4. The maximum Gasteiger partial charge on any atom is 0.429 e. The summed E-state index contributed by atoms with van der Waals surface area (Å²) in [6.07, 6.45) is -6.89. The average molecular weight is 486 g/mol. The van der Waals surface area contributed by atoms with E-state index in [4.69, 9.17) is 51.1 Å². The van der Waals surface area contributed by atoms with Crippen LogP contribution < -0.4 is 0 Å². The molecule has 156 valence electrons. The molecule has 1 fully saturated rings. The van der Waals surface area contributed by atoms with Gasteiger partial charge in [0, 0.05) is 11.4 Å². The Hall–Kier alpha value is -1.14. The number of esters is 1. The number of rotatable bonds is 6. The van der Waals surface area contributed by atoms with Crippen LogP contribution in [0.4, 0.5) is 13.2 Å². The van der Waals surface area contributed by atoms with Crippen molar-refractivity contribution in [2.45, 2.75) is 27.9 Å². The van der Waals surface area contributed by atoms with E-state index in [2.05, 4.69) is 0 Å². The standard InChI is InChI=1S/C20H15Cl4F3O2/c21-11-18(22)15(19(18,23)24)17(28)29-16(20(25,26)27)14-8-4-7-13(10-14)9-12-5-2-1-3-6-12/h1-8,10,15-16H,9,11H2. The molecule has 0 amide bonds. The van der Waals surface area contributed by atoms with E-state index in [1.807, 2.05) is 30.3 Å². The molecule has 9 heteroatoms. The summed E-state index contributed by atoms with van der Waals surface area (Å²) in [7, 11) is 0. The Labute approximate surface area is 185 Å². The van der Waals surface area contributed by atoms with Crippen LogP contribution in [0.5, 0.6) is 0 Å². The Morgan fingerprint density at radius 2 is 1.66 bits per heavy atom. The molecule has 0 bridgehead atoms. The van der Waals surface area contributed by atoms with E-state index in [9.17, 15) is 18.0 Å². The van der Waals surface area contributed by atoms with Gasteiger partial charge >= 0.3 is 12.1 Å². The zero-order valence-corrected chi connectivity index (χ0v) is 17.8. The second-order valence-corrected chi connectivity index (χ2v) is 9.15. The molecule has 1 aliphatic rings. The minimum absolute atomic E-state index is 0.208. The van der Waals surface area contributed by atoms with Crippen LogP contribution in [0, 0.1) is 5.92 Å². The van der Waals surface area contributed by atoms with Crippen LogP contribution in [0.25, 0.3) is 0 Å². The van der Waals surface area contributed by atoms with E-state index in [1.165, 1.54) is 18.2 Å². The lowest BCUT2D eigenvalue weighted by Crippen LogP contribution is -2.28. The average Bonchev–Trinajstić information content (AvgIpc) is 3.12. The fraction of sp³-hybridized carbons (Fsp3) is 0.350. The molecule has 2 aromatic rings. The van der Waals surface area contributed by atoms with Gasteiger partial charge in [0.25, 0.3) is 0 Å². The van der Waals surface area contributed by atoms with Crippen molar-refractivity contribution in [2.24, 2.45) is 5.92 Å². The highest BCUT2D eigenvalue weighted by Crippen LogP contribution is 2.67. The number of alkyl halides is 7. The molecule has 3 atom stereocenters. The third-order valence-corrected chi connectivity index (χ3v) is 7.27. The van der Waals surface area contributed by atoms with Gasteiger partial charge < -0.3 is 4.74 Å². The summed E-state index contributed by atoms with van der Waals surface area (Å²) < 4.78 is 44.0. The van der Waals surface area contributed by atoms with E-state index in [0.717, 1.165) is 5.56 Å². The van der Waals surface area contributed by atoms with Crippen molar-refractivity contribution in [3.63, 3.8) is 0 Å². The van der Waals surface area contributed by atoms with Gasteiger partial charge in [0.05, 0.1) is 0 Å². The number of halogens is 7. The zero-order valence-electron chi connectivity index (χ0n) is 14.7. The fourth-order valence-corrected chi connectivity index (χ4v) is 4.85. The molecule has 1 aliphatic carbocycles. The summed E-state index contributed by atoms with van der Waals surface area (Å²) in [4.78, 5) is 10.8. The lowest BCUT2D eigenvalue weighted by atomic mass is 10.0. The Balaban J connectivity index is 1.83. The molecule has 2 nitrogen and oxygen atoms in total. The number of ether oxygens (including phenoxy) is 1. The van der Waals surface area contributed by atoms with Crippen LogP contribution in [0.1, 0.15) is 22.8 Å². The van der Waals surface area contributed by atoms with Gasteiger partial charge in [0.15, 0.2) is 4.33 Å². The fourth-order valence-electron chi connectivity index (χ4n) is 3.13. The molecule has 0 N–H and O–H groups in total. The highest BCUT2D eigenvalue weighted by Gasteiger charge is 2.79. The molecule has 0 heterocycles. The number of benzene rings is 2. The van der Waals surface area contributed by atoms with E-state index < -0.39 is 33.4 Å². The molecular formula is C20H15Cl4F3O2. The molecule has 0 aromatic heterocycles. The van der Waals surface area contributed by atoms with E-state index in [1.54, 1.807) is 6.07 Å². The van der Waals surface area contributed by atoms with Gasteiger partial charge in [-0.25, -0.2) is 0 Å². The Morgan fingerprint density at radius 3 is 2.21 bits per heavy atom. The smallest absolute Gasteiger partial charge is 0.429 e. The molecular weight excluding hydrogens is 471 g/mol. The summed E-state index contributed by atoms with van der Waals surface area (Å²) in [5.41, 5.74) is 1.37. The highest BCUT2D eigenvalue weighted by molar-refractivity contribution is 6.61.